The molecule has 2 rings (SSSR count). The number of nitrogens with one attached hydrogen (secondary N) is 4. The van der Waals surface area contributed by atoms with Gasteiger partial charge in [0.1, 0.15) is 17.5 Å². The fourth-order valence-corrected chi connectivity index (χ4v) is 4.22. The van der Waals surface area contributed by atoms with Gasteiger partial charge in [0.2, 0.25) is 12.3 Å². The minimum absolute atomic E-state index is 0.00618. The van der Waals surface area contributed by atoms with Crippen LogP contribution < -0.4 is 53.7 Å². The summed E-state index contributed by atoms with van der Waals surface area (Å²) in [6, 6.07) is 7.87. The van der Waals surface area contributed by atoms with Gasteiger partial charge < -0.3 is 53.7 Å². The molecule has 0 saturated carbocycles. The number of carbonyl (C=O) groups excluding carboxylic acids is 4. The van der Waals surface area contributed by atoms with Crippen molar-refractivity contribution >= 4 is 47.4 Å². The van der Waals surface area contributed by atoms with Crippen molar-refractivity contribution in [2.24, 2.45) is 32.9 Å². The molecule has 2 aromatic carbocycles. The molecular formula is C29H42N10O6. The summed E-state index contributed by atoms with van der Waals surface area (Å²) < 4.78 is 10.7. The SMILES string of the molecule is COc1ccc(NC(=O)C(CCCN=C(N)N)NC(=O)c2cc(NC=O)ccc2OC)cc1C(=O)NC(C)CCCN=C(N)N. The molecule has 244 valence electrons. The van der Waals surface area contributed by atoms with Crippen molar-refractivity contribution in [3.63, 3.8) is 0 Å². The number of methoxy groups -OCH3 is 2. The van der Waals surface area contributed by atoms with E-state index in [0.717, 1.165) is 0 Å². The van der Waals surface area contributed by atoms with Crippen LogP contribution in [0.2, 0.25) is 0 Å². The summed E-state index contributed by atoms with van der Waals surface area (Å²) in [6.45, 7) is 2.51. The number of ether oxygens (including phenoxy) is 2. The van der Waals surface area contributed by atoms with Gasteiger partial charge in [-0.1, -0.05) is 0 Å². The summed E-state index contributed by atoms with van der Waals surface area (Å²) in [5.41, 5.74) is 22.5. The third kappa shape index (κ3) is 11.9. The number of benzene rings is 2. The van der Waals surface area contributed by atoms with E-state index in [9.17, 15) is 19.2 Å². The first-order chi connectivity index (χ1) is 21.5. The standard InChI is InChI=1S/C29H42N10O6/c1-17(6-4-12-34-28(30)31)37-25(41)21-15-19(9-11-24(21)45-3)38-27(43)22(7-5-13-35-29(32)33)39-26(42)20-14-18(36-16-40)8-10-23(20)44-2/h8-11,14-17,22H,4-7,12-13H2,1-3H3,(H,36,40)(H,37,41)(H,38,43)(H,39,42)(H4,30,31,34)(H4,32,33,35). The van der Waals surface area contributed by atoms with Gasteiger partial charge >= 0.3 is 0 Å². The smallest absolute Gasteiger partial charge is 0.255 e. The Morgan fingerprint density at radius 1 is 0.800 bits per heavy atom. The first kappa shape index (κ1) is 35.7. The second-order valence-corrected chi connectivity index (χ2v) is 9.88. The van der Waals surface area contributed by atoms with Crippen LogP contribution in [0.4, 0.5) is 11.4 Å². The number of amides is 4. The third-order valence-corrected chi connectivity index (χ3v) is 6.42. The van der Waals surface area contributed by atoms with E-state index in [1.54, 1.807) is 18.2 Å². The van der Waals surface area contributed by atoms with Crippen LogP contribution >= 0.6 is 0 Å². The first-order valence-electron chi connectivity index (χ1n) is 14.1. The van der Waals surface area contributed by atoms with Gasteiger partial charge in [0.15, 0.2) is 11.9 Å². The van der Waals surface area contributed by atoms with Crippen molar-refractivity contribution < 1.29 is 28.7 Å². The number of nitrogens with two attached hydrogens (primary N) is 4. The lowest BCUT2D eigenvalue weighted by molar-refractivity contribution is -0.118. The van der Waals surface area contributed by atoms with E-state index in [2.05, 4.69) is 31.3 Å². The molecule has 12 N–H and O–H groups in total. The van der Waals surface area contributed by atoms with Crippen LogP contribution in [0, 0.1) is 0 Å². The highest BCUT2D eigenvalue weighted by Crippen LogP contribution is 2.25. The molecular weight excluding hydrogens is 584 g/mol. The lowest BCUT2D eigenvalue weighted by Crippen LogP contribution is -2.44. The van der Waals surface area contributed by atoms with Crippen LogP contribution in [-0.2, 0) is 9.59 Å². The number of aliphatic imine (C=N–C) groups is 2. The quantitative estimate of drug-likeness (QED) is 0.0483. The molecule has 0 aliphatic carbocycles. The van der Waals surface area contributed by atoms with Gasteiger partial charge in [-0.25, -0.2) is 0 Å². The first-order valence-corrected chi connectivity index (χ1v) is 14.1. The average Bonchev–Trinajstić information content (AvgIpc) is 3.00. The molecule has 16 heteroatoms. The highest BCUT2D eigenvalue weighted by atomic mass is 16.5. The van der Waals surface area contributed by atoms with E-state index in [1.165, 1.54) is 32.4 Å². The zero-order chi connectivity index (χ0) is 33.4. The van der Waals surface area contributed by atoms with Crippen LogP contribution in [0.3, 0.4) is 0 Å². The molecule has 45 heavy (non-hydrogen) atoms. The number of anilines is 2. The Morgan fingerprint density at radius 3 is 1.84 bits per heavy atom. The number of guanidine groups is 2. The summed E-state index contributed by atoms with van der Waals surface area (Å²) in [4.78, 5) is 58.7. The Balaban J connectivity index is 2.25. The van der Waals surface area contributed by atoms with Gasteiger partial charge in [-0.05, 0) is 69.0 Å². The molecule has 0 bridgehead atoms. The van der Waals surface area contributed by atoms with Gasteiger partial charge in [0.05, 0.1) is 25.3 Å². The second-order valence-electron chi connectivity index (χ2n) is 9.88. The summed E-state index contributed by atoms with van der Waals surface area (Å²) in [5, 5.41) is 10.9. The monoisotopic (exact) mass is 626 g/mol. The number of hydrogen-bond donors (Lipinski definition) is 8. The fraction of sp³-hybridized carbons (Fsp3) is 0.379. The third-order valence-electron chi connectivity index (χ3n) is 6.42. The lowest BCUT2D eigenvalue weighted by atomic mass is 10.1. The molecule has 0 aliphatic rings. The van der Waals surface area contributed by atoms with Crippen LogP contribution in [0.5, 0.6) is 11.5 Å². The molecule has 0 spiro atoms. The van der Waals surface area contributed by atoms with Crippen molar-refractivity contribution in [3.8, 4) is 11.5 Å². The van der Waals surface area contributed by atoms with E-state index in [1.807, 2.05) is 6.92 Å². The average molecular weight is 627 g/mol. The van der Waals surface area contributed by atoms with Gasteiger partial charge in [0, 0.05) is 30.5 Å². The number of carbonyl (C=O) groups is 4. The molecule has 0 heterocycles. The molecule has 2 atom stereocenters. The van der Waals surface area contributed by atoms with Crippen LogP contribution in [0.25, 0.3) is 0 Å². The zero-order valence-corrected chi connectivity index (χ0v) is 25.6. The predicted molar refractivity (Wildman–Crippen MR) is 172 cm³/mol. The number of hydrogen-bond acceptors (Lipinski definition) is 8. The Morgan fingerprint density at radius 2 is 1.31 bits per heavy atom. The Bertz CT molecular complexity index is 1390. The predicted octanol–water partition coefficient (Wildman–Crippen LogP) is 0.235. The normalized spacial score (nSPS) is 11.6. The molecule has 0 radical (unpaired) electrons. The molecule has 16 nitrogen and oxygen atoms in total. The van der Waals surface area contributed by atoms with Crippen molar-refractivity contribution in [2.45, 2.75) is 44.7 Å². The fourth-order valence-electron chi connectivity index (χ4n) is 4.22. The van der Waals surface area contributed by atoms with Crippen molar-refractivity contribution in [3.05, 3.63) is 47.5 Å². The lowest BCUT2D eigenvalue weighted by Gasteiger charge is -2.20. The van der Waals surface area contributed by atoms with E-state index in [0.29, 0.717) is 49.3 Å². The number of nitrogens with zero attached hydrogens (tertiary/aromatic N) is 2. The molecule has 2 aromatic rings. The molecule has 0 fully saturated rings. The maximum atomic E-state index is 13.5. The Kier molecular flexibility index (Phi) is 14.4. The van der Waals surface area contributed by atoms with Gasteiger partial charge in [-0.2, -0.15) is 0 Å². The Hall–Kier alpha value is -5.54. The minimum Gasteiger partial charge on any atom is -0.496 e. The van der Waals surface area contributed by atoms with Crippen LogP contribution in [0.1, 0.15) is 53.3 Å². The molecule has 0 aromatic heterocycles. The molecule has 0 aliphatic heterocycles. The Labute approximate surface area is 261 Å². The van der Waals surface area contributed by atoms with E-state index in [-0.39, 0.29) is 47.8 Å². The maximum Gasteiger partial charge on any atom is 0.255 e. The minimum atomic E-state index is -1.04. The molecule has 0 saturated heterocycles. The van der Waals surface area contributed by atoms with Gasteiger partial charge in [-0.15, -0.1) is 0 Å². The summed E-state index contributed by atoms with van der Waals surface area (Å²) in [7, 11) is 2.82. The van der Waals surface area contributed by atoms with Gasteiger partial charge in [-0.3, -0.25) is 29.2 Å². The molecule has 2 unspecified atom stereocenters. The van der Waals surface area contributed by atoms with E-state index >= 15 is 0 Å². The summed E-state index contributed by atoms with van der Waals surface area (Å²) in [6.07, 6.45) is 2.29. The molecule has 4 amide bonds. The van der Waals surface area contributed by atoms with Gasteiger partial charge in [0.25, 0.3) is 11.8 Å². The van der Waals surface area contributed by atoms with Crippen LogP contribution in [0.15, 0.2) is 46.4 Å². The van der Waals surface area contributed by atoms with E-state index < -0.39 is 23.8 Å². The van der Waals surface area contributed by atoms with E-state index in [4.69, 9.17) is 32.4 Å². The maximum absolute atomic E-state index is 13.5. The summed E-state index contributed by atoms with van der Waals surface area (Å²) in [5.74, 6) is -1.14. The van der Waals surface area contributed by atoms with Crippen LogP contribution in [-0.4, -0.2) is 75.4 Å². The summed E-state index contributed by atoms with van der Waals surface area (Å²) >= 11 is 0. The largest absolute Gasteiger partial charge is 0.496 e. The highest BCUT2D eigenvalue weighted by Gasteiger charge is 2.24. The highest BCUT2D eigenvalue weighted by molar-refractivity contribution is 6.04. The van der Waals surface area contributed by atoms with Crippen molar-refractivity contribution in [2.75, 3.05) is 37.9 Å². The second kappa shape index (κ2) is 18.2. The topological polar surface area (TPSA) is 264 Å². The number of rotatable bonds is 18. The van der Waals surface area contributed by atoms with Crippen molar-refractivity contribution in [1.82, 2.24) is 10.6 Å². The van der Waals surface area contributed by atoms with Crippen molar-refractivity contribution in [1.29, 1.82) is 0 Å². The zero-order valence-electron chi connectivity index (χ0n) is 25.6.